The fourth-order valence-electron chi connectivity index (χ4n) is 3.02. The van der Waals surface area contributed by atoms with E-state index < -0.39 is 6.09 Å². The van der Waals surface area contributed by atoms with Crippen molar-refractivity contribution in [3.05, 3.63) is 102 Å². The van der Waals surface area contributed by atoms with Crippen molar-refractivity contribution in [1.29, 1.82) is 0 Å². The highest BCUT2D eigenvalue weighted by molar-refractivity contribution is 5.95. The Kier molecular flexibility index (Phi) is 7.00. The average Bonchev–Trinajstić information content (AvgIpc) is 2.75. The number of carbonyl (C=O) groups excluding carboxylic acids is 2. The molecule has 5 heteroatoms. The van der Waals surface area contributed by atoms with E-state index in [0.29, 0.717) is 24.3 Å². The Balaban J connectivity index is 1.71. The van der Waals surface area contributed by atoms with Crippen LogP contribution in [0.2, 0.25) is 0 Å². The van der Waals surface area contributed by atoms with Crippen LogP contribution in [0.5, 0.6) is 0 Å². The summed E-state index contributed by atoms with van der Waals surface area (Å²) in [5.41, 5.74) is 3.29. The van der Waals surface area contributed by atoms with Crippen molar-refractivity contribution in [3.8, 4) is 0 Å². The SMILES string of the molecule is CCOC(=O)Nc1ccc(C(=O)NC(Cc2ccccc2)c2ccccc2)cc1. The molecule has 0 spiro atoms. The molecule has 1 atom stereocenters. The smallest absolute Gasteiger partial charge is 0.411 e. The van der Waals surface area contributed by atoms with Crippen LogP contribution in [0.15, 0.2) is 84.9 Å². The van der Waals surface area contributed by atoms with E-state index in [-0.39, 0.29) is 11.9 Å². The normalized spacial score (nSPS) is 11.3. The number of carbonyl (C=O) groups is 2. The molecule has 2 amide bonds. The molecule has 0 aliphatic carbocycles. The number of rotatable bonds is 7. The Morgan fingerprint density at radius 1 is 0.862 bits per heavy atom. The van der Waals surface area contributed by atoms with Gasteiger partial charge in [-0.1, -0.05) is 60.7 Å². The summed E-state index contributed by atoms with van der Waals surface area (Å²) in [6.45, 7) is 2.04. The largest absolute Gasteiger partial charge is 0.450 e. The summed E-state index contributed by atoms with van der Waals surface area (Å²) in [5, 5.41) is 5.74. The van der Waals surface area contributed by atoms with Crippen LogP contribution in [0.4, 0.5) is 10.5 Å². The summed E-state index contributed by atoms with van der Waals surface area (Å²) < 4.78 is 4.85. The molecule has 0 saturated heterocycles. The predicted molar refractivity (Wildman–Crippen MR) is 114 cm³/mol. The number of ether oxygens (including phenoxy) is 1. The van der Waals surface area contributed by atoms with Gasteiger partial charge in [0.1, 0.15) is 0 Å². The molecule has 0 aromatic heterocycles. The molecule has 0 heterocycles. The first-order valence-electron chi connectivity index (χ1n) is 9.59. The van der Waals surface area contributed by atoms with Gasteiger partial charge in [0.05, 0.1) is 12.6 Å². The minimum Gasteiger partial charge on any atom is -0.450 e. The van der Waals surface area contributed by atoms with E-state index in [0.717, 1.165) is 11.1 Å². The molecule has 0 aliphatic rings. The maximum absolute atomic E-state index is 12.8. The van der Waals surface area contributed by atoms with Crippen LogP contribution in [0.25, 0.3) is 0 Å². The van der Waals surface area contributed by atoms with Crippen molar-refractivity contribution in [2.24, 2.45) is 0 Å². The molecular weight excluding hydrogens is 364 g/mol. The van der Waals surface area contributed by atoms with Gasteiger partial charge >= 0.3 is 6.09 Å². The highest BCUT2D eigenvalue weighted by atomic mass is 16.5. The standard InChI is InChI=1S/C24H24N2O3/c1-2-29-24(28)25-21-15-13-20(14-16-21)23(27)26-22(19-11-7-4-8-12-19)17-18-9-5-3-6-10-18/h3-16,22H,2,17H2,1H3,(H,25,28)(H,26,27). The summed E-state index contributed by atoms with van der Waals surface area (Å²) in [6.07, 6.45) is 0.177. The lowest BCUT2D eigenvalue weighted by atomic mass is 9.98. The molecule has 0 radical (unpaired) electrons. The van der Waals surface area contributed by atoms with Crippen LogP contribution >= 0.6 is 0 Å². The summed E-state index contributed by atoms with van der Waals surface area (Å²) >= 11 is 0. The van der Waals surface area contributed by atoms with E-state index in [1.165, 1.54) is 0 Å². The van der Waals surface area contributed by atoms with Crippen LogP contribution < -0.4 is 10.6 Å². The molecule has 3 rings (SSSR count). The Labute approximate surface area is 170 Å². The minimum absolute atomic E-state index is 0.150. The van der Waals surface area contributed by atoms with Crippen molar-refractivity contribution in [2.45, 2.75) is 19.4 Å². The lowest BCUT2D eigenvalue weighted by molar-refractivity contribution is 0.0936. The number of anilines is 1. The molecule has 0 saturated carbocycles. The van der Waals surface area contributed by atoms with Gasteiger partial charge < -0.3 is 10.1 Å². The first-order valence-corrected chi connectivity index (χ1v) is 9.59. The zero-order valence-corrected chi connectivity index (χ0v) is 16.3. The third-order valence-electron chi connectivity index (χ3n) is 4.46. The van der Waals surface area contributed by atoms with Crippen molar-refractivity contribution in [3.63, 3.8) is 0 Å². The van der Waals surface area contributed by atoms with E-state index in [1.807, 2.05) is 48.5 Å². The quantitative estimate of drug-likeness (QED) is 0.601. The monoisotopic (exact) mass is 388 g/mol. The Morgan fingerprint density at radius 2 is 1.48 bits per heavy atom. The molecule has 0 aliphatic heterocycles. The summed E-state index contributed by atoms with van der Waals surface area (Å²) in [4.78, 5) is 24.3. The first kappa shape index (κ1) is 20.1. The highest BCUT2D eigenvalue weighted by Crippen LogP contribution is 2.19. The van der Waals surface area contributed by atoms with Crippen LogP contribution in [0, 0.1) is 0 Å². The molecule has 29 heavy (non-hydrogen) atoms. The second kappa shape index (κ2) is 10.1. The summed E-state index contributed by atoms with van der Waals surface area (Å²) in [6, 6.07) is 26.6. The molecule has 3 aromatic rings. The van der Waals surface area contributed by atoms with E-state index >= 15 is 0 Å². The summed E-state index contributed by atoms with van der Waals surface area (Å²) in [7, 11) is 0. The third kappa shape index (κ3) is 5.94. The molecule has 2 N–H and O–H groups in total. The van der Waals surface area contributed by atoms with Gasteiger partial charge in [0, 0.05) is 11.3 Å². The van der Waals surface area contributed by atoms with E-state index in [9.17, 15) is 9.59 Å². The van der Waals surface area contributed by atoms with E-state index in [4.69, 9.17) is 4.74 Å². The van der Waals surface area contributed by atoms with Gasteiger partial charge in [-0.05, 0) is 48.7 Å². The van der Waals surface area contributed by atoms with Gasteiger partial charge in [-0.15, -0.1) is 0 Å². The fourth-order valence-corrected chi connectivity index (χ4v) is 3.02. The van der Waals surface area contributed by atoms with Gasteiger partial charge in [0.15, 0.2) is 0 Å². The molecule has 0 bridgehead atoms. The topological polar surface area (TPSA) is 67.4 Å². The van der Waals surface area contributed by atoms with Gasteiger partial charge in [0.2, 0.25) is 0 Å². The van der Waals surface area contributed by atoms with Crippen molar-refractivity contribution in [1.82, 2.24) is 5.32 Å². The molecule has 5 nitrogen and oxygen atoms in total. The number of benzene rings is 3. The molecule has 148 valence electrons. The Hall–Kier alpha value is -3.60. The van der Waals surface area contributed by atoms with Crippen molar-refractivity contribution >= 4 is 17.7 Å². The van der Waals surface area contributed by atoms with E-state index in [2.05, 4.69) is 22.8 Å². The van der Waals surface area contributed by atoms with Crippen LogP contribution in [0.3, 0.4) is 0 Å². The second-order valence-electron chi connectivity index (χ2n) is 6.55. The fraction of sp³-hybridized carbons (Fsp3) is 0.167. The lowest BCUT2D eigenvalue weighted by Gasteiger charge is -2.20. The Morgan fingerprint density at radius 3 is 2.10 bits per heavy atom. The lowest BCUT2D eigenvalue weighted by Crippen LogP contribution is -2.30. The van der Waals surface area contributed by atoms with Crippen LogP contribution in [0.1, 0.15) is 34.5 Å². The number of nitrogens with one attached hydrogen (secondary N) is 2. The third-order valence-corrected chi connectivity index (χ3v) is 4.46. The molecular formula is C24H24N2O3. The molecule has 0 fully saturated rings. The Bertz CT molecular complexity index is 925. The van der Waals surface area contributed by atoms with E-state index in [1.54, 1.807) is 31.2 Å². The van der Waals surface area contributed by atoms with Crippen molar-refractivity contribution < 1.29 is 14.3 Å². The van der Waals surface area contributed by atoms with Gasteiger partial charge in [-0.2, -0.15) is 0 Å². The highest BCUT2D eigenvalue weighted by Gasteiger charge is 2.16. The average molecular weight is 388 g/mol. The maximum Gasteiger partial charge on any atom is 0.411 e. The first-order chi connectivity index (χ1) is 14.2. The number of hydrogen-bond acceptors (Lipinski definition) is 3. The molecule has 3 aromatic carbocycles. The van der Waals surface area contributed by atoms with Gasteiger partial charge in [-0.25, -0.2) is 4.79 Å². The van der Waals surface area contributed by atoms with Crippen LogP contribution in [-0.2, 0) is 11.2 Å². The van der Waals surface area contributed by atoms with Crippen LogP contribution in [-0.4, -0.2) is 18.6 Å². The molecule has 1 unspecified atom stereocenters. The van der Waals surface area contributed by atoms with Gasteiger partial charge in [0.25, 0.3) is 5.91 Å². The predicted octanol–water partition coefficient (Wildman–Crippen LogP) is 4.97. The van der Waals surface area contributed by atoms with Gasteiger partial charge in [-0.3, -0.25) is 10.1 Å². The zero-order chi connectivity index (χ0) is 20.5. The van der Waals surface area contributed by atoms with Crippen molar-refractivity contribution in [2.75, 3.05) is 11.9 Å². The maximum atomic E-state index is 12.8. The second-order valence-corrected chi connectivity index (χ2v) is 6.55. The summed E-state index contributed by atoms with van der Waals surface area (Å²) in [5.74, 6) is -0.169. The zero-order valence-electron chi connectivity index (χ0n) is 16.3. The minimum atomic E-state index is -0.517. The number of hydrogen-bond donors (Lipinski definition) is 2. The number of amides is 2.